The summed E-state index contributed by atoms with van der Waals surface area (Å²) in [6.45, 7) is 0.499. The topological polar surface area (TPSA) is 70.0 Å². The average Bonchev–Trinajstić information content (AvgIpc) is 2.83. The lowest BCUT2D eigenvalue weighted by Gasteiger charge is -2.09. The molecule has 0 saturated carbocycles. The summed E-state index contributed by atoms with van der Waals surface area (Å²) in [6.07, 6.45) is 1.19. The Balaban J connectivity index is 2.19. The van der Waals surface area contributed by atoms with Crippen LogP contribution < -0.4 is 5.32 Å². The lowest BCUT2D eigenvalue weighted by Crippen LogP contribution is -2.05. The Labute approximate surface area is 116 Å². The quantitative estimate of drug-likeness (QED) is 0.940. The highest BCUT2D eigenvalue weighted by Gasteiger charge is 2.12. The van der Waals surface area contributed by atoms with Gasteiger partial charge in [0, 0.05) is 17.7 Å². The van der Waals surface area contributed by atoms with Crippen molar-refractivity contribution >= 4 is 26.9 Å². The maximum absolute atomic E-state index is 11.6. The van der Waals surface area contributed by atoms with E-state index in [0.29, 0.717) is 17.1 Å². The molecule has 0 unspecified atom stereocenters. The standard InChI is InChI=1S/C13H12N2O2S2/c1-19(16,17)13-5-3-2-4-12(13)15-9-11-7-6-10(8-14)18-11/h2-7,15H,9H2,1H3. The molecule has 0 aliphatic heterocycles. The molecule has 4 nitrogen and oxygen atoms in total. The van der Waals surface area contributed by atoms with Crippen molar-refractivity contribution in [2.75, 3.05) is 11.6 Å². The fourth-order valence-electron chi connectivity index (χ4n) is 1.65. The zero-order valence-electron chi connectivity index (χ0n) is 10.3. The molecular weight excluding hydrogens is 280 g/mol. The van der Waals surface area contributed by atoms with Gasteiger partial charge in [-0.3, -0.25) is 0 Å². The highest BCUT2D eigenvalue weighted by Crippen LogP contribution is 2.22. The monoisotopic (exact) mass is 292 g/mol. The van der Waals surface area contributed by atoms with Crippen molar-refractivity contribution in [2.45, 2.75) is 11.4 Å². The predicted molar refractivity (Wildman–Crippen MR) is 75.9 cm³/mol. The third-order valence-corrected chi connectivity index (χ3v) is 4.66. The Bertz CT molecular complexity index is 727. The van der Waals surface area contributed by atoms with Crippen LogP contribution in [0.3, 0.4) is 0 Å². The van der Waals surface area contributed by atoms with Gasteiger partial charge in [0.15, 0.2) is 9.84 Å². The number of nitrogens with zero attached hydrogens (tertiary/aromatic N) is 1. The van der Waals surface area contributed by atoms with E-state index in [1.165, 1.54) is 17.6 Å². The first-order valence-corrected chi connectivity index (χ1v) is 8.23. The van der Waals surface area contributed by atoms with Gasteiger partial charge < -0.3 is 5.32 Å². The smallest absolute Gasteiger partial charge is 0.177 e. The molecule has 0 amide bonds. The van der Waals surface area contributed by atoms with Gasteiger partial charge in [0.05, 0.1) is 10.6 Å². The molecule has 0 radical (unpaired) electrons. The van der Waals surface area contributed by atoms with Crippen molar-refractivity contribution in [3.8, 4) is 6.07 Å². The molecule has 98 valence electrons. The Hall–Kier alpha value is -1.84. The number of hydrogen-bond acceptors (Lipinski definition) is 5. The van der Waals surface area contributed by atoms with E-state index in [4.69, 9.17) is 5.26 Å². The first kappa shape index (κ1) is 13.6. The van der Waals surface area contributed by atoms with Crippen LogP contribution in [0, 0.1) is 11.3 Å². The number of anilines is 1. The summed E-state index contributed by atoms with van der Waals surface area (Å²) < 4.78 is 23.3. The number of para-hydroxylation sites is 1. The number of nitrogens with one attached hydrogen (secondary N) is 1. The molecule has 6 heteroatoms. The Morgan fingerprint density at radius 2 is 2.00 bits per heavy atom. The number of hydrogen-bond donors (Lipinski definition) is 1. The van der Waals surface area contributed by atoms with Crippen molar-refractivity contribution < 1.29 is 8.42 Å². The molecule has 2 aromatic rings. The average molecular weight is 292 g/mol. The summed E-state index contributed by atoms with van der Waals surface area (Å²) in [7, 11) is -3.25. The molecule has 0 fully saturated rings. The van der Waals surface area contributed by atoms with E-state index < -0.39 is 9.84 Å². The molecular formula is C13H12N2O2S2. The van der Waals surface area contributed by atoms with E-state index in [0.717, 1.165) is 4.88 Å². The van der Waals surface area contributed by atoms with Gasteiger partial charge in [-0.1, -0.05) is 12.1 Å². The van der Waals surface area contributed by atoms with Gasteiger partial charge in [-0.2, -0.15) is 5.26 Å². The van der Waals surface area contributed by atoms with E-state index >= 15 is 0 Å². The van der Waals surface area contributed by atoms with Crippen molar-refractivity contribution in [1.82, 2.24) is 0 Å². The van der Waals surface area contributed by atoms with Crippen LogP contribution in [0.15, 0.2) is 41.3 Å². The van der Waals surface area contributed by atoms with E-state index in [2.05, 4.69) is 11.4 Å². The van der Waals surface area contributed by atoms with Crippen LogP contribution in [0.1, 0.15) is 9.75 Å². The molecule has 0 aliphatic rings. The third kappa shape index (κ3) is 3.34. The SMILES string of the molecule is CS(=O)(=O)c1ccccc1NCc1ccc(C#N)s1. The summed E-state index contributed by atoms with van der Waals surface area (Å²) >= 11 is 1.39. The minimum absolute atomic E-state index is 0.284. The Kier molecular flexibility index (Phi) is 3.88. The van der Waals surface area contributed by atoms with Crippen molar-refractivity contribution in [1.29, 1.82) is 5.26 Å². The number of nitriles is 1. The van der Waals surface area contributed by atoms with Crippen LogP contribution in [0.5, 0.6) is 0 Å². The third-order valence-electron chi connectivity index (χ3n) is 2.51. The van der Waals surface area contributed by atoms with Crippen molar-refractivity contribution in [3.05, 3.63) is 46.2 Å². The molecule has 0 saturated heterocycles. The molecule has 1 aromatic heterocycles. The lowest BCUT2D eigenvalue weighted by molar-refractivity contribution is 0.602. The largest absolute Gasteiger partial charge is 0.379 e. The number of thiophene rings is 1. The minimum atomic E-state index is -3.25. The van der Waals surface area contributed by atoms with Gasteiger partial charge in [-0.25, -0.2) is 8.42 Å². The fraction of sp³-hybridized carbons (Fsp3) is 0.154. The van der Waals surface area contributed by atoms with Crippen LogP contribution in [0.2, 0.25) is 0 Å². The predicted octanol–water partition coefficient (Wildman–Crippen LogP) is 2.64. The van der Waals surface area contributed by atoms with Crippen LogP contribution in [0.4, 0.5) is 5.69 Å². The Morgan fingerprint density at radius 3 is 2.63 bits per heavy atom. The molecule has 1 aromatic carbocycles. The van der Waals surface area contributed by atoms with Crippen LogP contribution in [0.25, 0.3) is 0 Å². The summed E-state index contributed by atoms with van der Waals surface area (Å²) in [4.78, 5) is 1.92. The molecule has 0 spiro atoms. The molecule has 0 aliphatic carbocycles. The second kappa shape index (κ2) is 5.43. The number of benzene rings is 1. The summed E-state index contributed by atoms with van der Waals surface area (Å²) in [5.41, 5.74) is 0.580. The van der Waals surface area contributed by atoms with Gasteiger partial charge in [0.2, 0.25) is 0 Å². The van der Waals surface area contributed by atoms with Crippen LogP contribution in [-0.2, 0) is 16.4 Å². The fourth-order valence-corrected chi connectivity index (χ4v) is 3.26. The zero-order chi connectivity index (χ0) is 13.9. The van der Waals surface area contributed by atoms with Gasteiger partial charge in [-0.05, 0) is 24.3 Å². The first-order chi connectivity index (χ1) is 9.00. The molecule has 2 rings (SSSR count). The Morgan fingerprint density at radius 1 is 1.26 bits per heavy atom. The molecule has 1 heterocycles. The summed E-state index contributed by atoms with van der Waals surface area (Å²) in [5.74, 6) is 0. The minimum Gasteiger partial charge on any atom is -0.379 e. The normalized spacial score (nSPS) is 10.9. The van der Waals surface area contributed by atoms with Gasteiger partial charge in [-0.15, -0.1) is 11.3 Å². The molecule has 0 bridgehead atoms. The van der Waals surface area contributed by atoms with Gasteiger partial charge >= 0.3 is 0 Å². The highest BCUT2D eigenvalue weighted by molar-refractivity contribution is 7.90. The van der Waals surface area contributed by atoms with E-state index in [-0.39, 0.29) is 4.90 Å². The van der Waals surface area contributed by atoms with E-state index in [1.54, 1.807) is 30.3 Å². The number of rotatable bonds is 4. The lowest BCUT2D eigenvalue weighted by atomic mass is 10.3. The first-order valence-electron chi connectivity index (χ1n) is 5.52. The second-order valence-electron chi connectivity index (χ2n) is 4.00. The molecule has 19 heavy (non-hydrogen) atoms. The van der Waals surface area contributed by atoms with Gasteiger partial charge in [0.25, 0.3) is 0 Å². The zero-order valence-corrected chi connectivity index (χ0v) is 11.9. The summed E-state index contributed by atoms with van der Waals surface area (Å²) in [5, 5.41) is 11.8. The van der Waals surface area contributed by atoms with Crippen molar-refractivity contribution in [3.63, 3.8) is 0 Å². The van der Waals surface area contributed by atoms with Crippen LogP contribution >= 0.6 is 11.3 Å². The van der Waals surface area contributed by atoms with Gasteiger partial charge in [0.1, 0.15) is 10.9 Å². The van der Waals surface area contributed by atoms with Crippen molar-refractivity contribution in [2.24, 2.45) is 0 Å². The van der Waals surface area contributed by atoms with Crippen LogP contribution in [-0.4, -0.2) is 14.7 Å². The summed E-state index contributed by atoms with van der Waals surface area (Å²) in [6, 6.07) is 12.5. The molecule has 0 atom stereocenters. The van der Waals surface area contributed by atoms with E-state index in [9.17, 15) is 8.42 Å². The number of sulfone groups is 1. The maximum atomic E-state index is 11.6. The second-order valence-corrected chi connectivity index (χ2v) is 7.15. The highest BCUT2D eigenvalue weighted by atomic mass is 32.2. The molecule has 1 N–H and O–H groups in total. The van der Waals surface area contributed by atoms with E-state index in [1.807, 2.05) is 6.07 Å². The maximum Gasteiger partial charge on any atom is 0.177 e.